The fourth-order valence-electron chi connectivity index (χ4n) is 3.37. The van der Waals surface area contributed by atoms with Crippen LogP contribution in [0.1, 0.15) is 38.3 Å². The van der Waals surface area contributed by atoms with Gasteiger partial charge in [-0.25, -0.2) is 9.97 Å². The predicted octanol–water partition coefficient (Wildman–Crippen LogP) is 2.36. The van der Waals surface area contributed by atoms with Gasteiger partial charge in [0.05, 0.1) is 0 Å². The largest absolute Gasteiger partial charge is 0.396 e. The van der Waals surface area contributed by atoms with E-state index < -0.39 is 0 Å². The molecule has 2 aromatic heterocycles. The Labute approximate surface area is 141 Å². The minimum Gasteiger partial charge on any atom is -0.396 e. The summed E-state index contributed by atoms with van der Waals surface area (Å²) in [5, 5.41) is 12.6. The second-order valence-electron chi connectivity index (χ2n) is 6.33. The maximum Gasteiger partial charge on any atom is 0.251 e. The summed E-state index contributed by atoms with van der Waals surface area (Å²) in [4.78, 5) is 23.4. The Morgan fingerprint density at radius 3 is 2.96 bits per heavy atom. The number of H-pyrrole nitrogens is 1. The van der Waals surface area contributed by atoms with E-state index in [1.165, 1.54) is 12.5 Å². The topological polar surface area (TPSA) is 90.9 Å². The van der Waals surface area contributed by atoms with E-state index in [9.17, 15) is 4.79 Å². The highest BCUT2D eigenvalue weighted by Crippen LogP contribution is 2.30. The standard InChI is InChI=1S/C18H24N4O2/c1-2-14-10-17(24)22-18(20-14)13-6-7-16(19-11-13)21-15-5-3-4-12(15)8-9-23/h6-7,10-12,15,23H,2-5,8-9H2,1H3,(H,19,21)(H,20,22,24). The number of nitrogens with zero attached hydrogens (tertiary/aromatic N) is 2. The zero-order valence-corrected chi connectivity index (χ0v) is 14.0. The zero-order chi connectivity index (χ0) is 16.9. The van der Waals surface area contributed by atoms with Crippen LogP contribution in [0.25, 0.3) is 11.4 Å². The van der Waals surface area contributed by atoms with E-state index in [-0.39, 0.29) is 12.2 Å². The zero-order valence-electron chi connectivity index (χ0n) is 14.0. The van der Waals surface area contributed by atoms with E-state index in [1.54, 1.807) is 6.20 Å². The molecule has 0 saturated heterocycles. The lowest BCUT2D eigenvalue weighted by molar-refractivity contribution is 0.254. The number of rotatable bonds is 6. The lowest BCUT2D eigenvalue weighted by atomic mass is 10.00. The van der Waals surface area contributed by atoms with Crippen LogP contribution in [0.3, 0.4) is 0 Å². The molecule has 0 aromatic carbocycles. The van der Waals surface area contributed by atoms with Gasteiger partial charge in [-0.1, -0.05) is 13.3 Å². The van der Waals surface area contributed by atoms with Crippen molar-refractivity contribution in [3.8, 4) is 11.4 Å². The second-order valence-corrected chi connectivity index (χ2v) is 6.33. The van der Waals surface area contributed by atoms with E-state index in [4.69, 9.17) is 5.11 Å². The van der Waals surface area contributed by atoms with Gasteiger partial charge in [0.1, 0.15) is 11.6 Å². The Morgan fingerprint density at radius 1 is 1.38 bits per heavy atom. The number of hydrogen-bond donors (Lipinski definition) is 3. The number of aromatic amines is 1. The Balaban J connectivity index is 1.74. The van der Waals surface area contributed by atoms with E-state index in [2.05, 4.69) is 20.3 Å². The molecule has 24 heavy (non-hydrogen) atoms. The quantitative estimate of drug-likeness (QED) is 0.757. The predicted molar refractivity (Wildman–Crippen MR) is 93.9 cm³/mol. The summed E-state index contributed by atoms with van der Waals surface area (Å²) in [5.41, 5.74) is 1.43. The maximum absolute atomic E-state index is 11.7. The number of hydrogen-bond acceptors (Lipinski definition) is 5. The normalized spacial score (nSPS) is 20.2. The van der Waals surface area contributed by atoms with Gasteiger partial charge >= 0.3 is 0 Å². The van der Waals surface area contributed by atoms with Gasteiger partial charge in [-0.3, -0.25) is 4.79 Å². The molecule has 3 N–H and O–H groups in total. The monoisotopic (exact) mass is 328 g/mol. The Kier molecular flexibility index (Phi) is 5.25. The van der Waals surface area contributed by atoms with E-state index in [0.717, 1.165) is 42.8 Å². The fourth-order valence-corrected chi connectivity index (χ4v) is 3.37. The summed E-state index contributed by atoms with van der Waals surface area (Å²) < 4.78 is 0. The van der Waals surface area contributed by atoms with Crippen LogP contribution in [0.4, 0.5) is 5.82 Å². The SMILES string of the molecule is CCc1cc(=O)[nH]c(-c2ccc(NC3CCCC3CCO)nc2)n1. The van der Waals surface area contributed by atoms with Gasteiger partial charge in [0, 0.05) is 36.2 Å². The Morgan fingerprint density at radius 2 is 2.25 bits per heavy atom. The molecule has 3 rings (SSSR count). The number of pyridine rings is 1. The molecule has 0 radical (unpaired) electrons. The molecule has 0 amide bonds. The van der Waals surface area contributed by atoms with Gasteiger partial charge in [-0.05, 0) is 43.7 Å². The third-order valence-corrected chi connectivity index (χ3v) is 4.69. The molecule has 1 fully saturated rings. The van der Waals surface area contributed by atoms with Crippen molar-refractivity contribution in [2.24, 2.45) is 5.92 Å². The molecule has 1 aliphatic carbocycles. The van der Waals surface area contributed by atoms with Crippen molar-refractivity contribution < 1.29 is 5.11 Å². The number of anilines is 1. The fraction of sp³-hybridized carbons (Fsp3) is 0.500. The van der Waals surface area contributed by atoms with Gasteiger partial charge < -0.3 is 15.4 Å². The summed E-state index contributed by atoms with van der Waals surface area (Å²) in [6.45, 7) is 2.21. The van der Waals surface area contributed by atoms with Gasteiger partial charge in [0.25, 0.3) is 5.56 Å². The first kappa shape index (κ1) is 16.6. The van der Waals surface area contributed by atoms with Crippen LogP contribution in [-0.2, 0) is 6.42 Å². The number of aryl methyl sites for hydroxylation is 1. The van der Waals surface area contributed by atoms with Crippen LogP contribution < -0.4 is 10.9 Å². The summed E-state index contributed by atoms with van der Waals surface area (Å²) in [6, 6.07) is 5.73. The van der Waals surface area contributed by atoms with Crippen LogP contribution in [0.2, 0.25) is 0 Å². The van der Waals surface area contributed by atoms with Crippen LogP contribution >= 0.6 is 0 Å². The van der Waals surface area contributed by atoms with Gasteiger partial charge in [0.2, 0.25) is 0 Å². The molecule has 2 heterocycles. The van der Waals surface area contributed by atoms with Crippen LogP contribution in [0.15, 0.2) is 29.2 Å². The molecule has 1 saturated carbocycles. The van der Waals surface area contributed by atoms with Gasteiger partial charge in [-0.2, -0.15) is 0 Å². The third kappa shape index (κ3) is 3.82. The smallest absolute Gasteiger partial charge is 0.251 e. The number of aliphatic hydroxyl groups excluding tert-OH is 1. The van der Waals surface area contributed by atoms with Crippen molar-refractivity contribution >= 4 is 5.82 Å². The minimum absolute atomic E-state index is 0.142. The summed E-state index contributed by atoms with van der Waals surface area (Å²) in [7, 11) is 0. The Hall–Kier alpha value is -2.21. The molecule has 6 heteroatoms. The van der Waals surface area contributed by atoms with Crippen molar-refractivity contribution in [2.45, 2.75) is 45.1 Å². The van der Waals surface area contributed by atoms with Crippen molar-refractivity contribution in [3.63, 3.8) is 0 Å². The number of nitrogens with one attached hydrogen (secondary N) is 2. The van der Waals surface area contributed by atoms with E-state index >= 15 is 0 Å². The van der Waals surface area contributed by atoms with Crippen LogP contribution in [0, 0.1) is 5.92 Å². The van der Waals surface area contributed by atoms with Crippen molar-refractivity contribution in [3.05, 3.63) is 40.4 Å². The molecule has 0 aliphatic heterocycles. The number of aromatic nitrogens is 3. The summed E-state index contributed by atoms with van der Waals surface area (Å²) in [5.74, 6) is 1.88. The number of aliphatic hydroxyl groups is 1. The molecule has 1 aliphatic rings. The molecule has 2 aromatic rings. The molecule has 0 bridgehead atoms. The van der Waals surface area contributed by atoms with Crippen LogP contribution in [-0.4, -0.2) is 32.7 Å². The molecular formula is C18H24N4O2. The summed E-state index contributed by atoms with van der Waals surface area (Å²) >= 11 is 0. The summed E-state index contributed by atoms with van der Waals surface area (Å²) in [6.07, 6.45) is 6.75. The van der Waals surface area contributed by atoms with Gasteiger partial charge in [-0.15, -0.1) is 0 Å². The van der Waals surface area contributed by atoms with E-state index in [0.29, 0.717) is 17.8 Å². The van der Waals surface area contributed by atoms with Gasteiger partial charge in [0.15, 0.2) is 0 Å². The van der Waals surface area contributed by atoms with Crippen molar-refractivity contribution in [1.82, 2.24) is 15.0 Å². The first-order valence-corrected chi connectivity index (χ1v) is 8.63. The Bertz CT molecular complexity index is 727. The lowest BCUT2D eigenvalue weighted by Crippen LogP contribution is -2.25. The van der Waals surface area contributed by atoms with Crippen molar-refractivity contribution in [1.29, 1.82) is 0 Å². The lowest BCUT2D eigenvalue weighted by Gasteiger charge is -2.20. The molecular weight excluding hydrogens is 304 g/mol. The first-order chi connectivity index (χ1) is 11.7. The third-order valence-electron chi connectivity index (χ3n) is 4.69. The molecule has 128 valence electrons. The highest BCUT2D eigenvalue weighted by molar-refractivity contribution is 5.56. The average Bonchev–Trinajstić information content (AvgIpc) is 3.02. The van der Waals surface area contributed by atoms with Crippen molar-refractivity contribution in [2.75, 3.05) is 11.9 Å². The maximum atomic E-state index is 11.7. The highest BCUT2D eigenvalue weighted by atomic mass is 16.3. The molecule has 2 atom stereocenters. The molecule has 2 unspecified atom stereocenters. The average molecular weight is 328 g/mol. The second kappa shape index (κ2) is 7.57. The first-order valence-electron chi connectivity index (χ1n) is 8.63. The molecule has 0 spiro atoms. The molecule has 6 nitrogen and oxygen atoms in total. The van der Waals surface area contributed by atoms with Crippen LogP contribution in [0.5, 0.6) is 0 Å². The highest BCUT2D eigenvalue weighted by Gasteiger charge is 2.26. The minimum atomic E-state index is -0.142. The van der Waals surface area contributed by atoms with E-state index in [1.807, 2.05) is 19.1 Å².